The van der Waals surface area contributed by atoms with Gasteiger partial charge in [-0.15, -0.1) is 0 Å². The zero-order valence-corrected chi connectivity index (χ0v) is 11.2. The molecule has 0 saturated heterocycles. The van der Waals surface area contributed by atoms with Crippen molar-refractivity contribution in [3.05, 3.63) is 29.3 Å². The van der Waals surface area contributed by atoms with Crippen molar-refractivity contribution in [2.24, 2.45) is 5.92 Å². The lowest BCUT2D eigenvalue weighted by Gasteiger charge is -2.24. The third kappa shape index (κ3) is 3.59. The lowest BCUT2D eigenvalue weighted by molar-refractivity contribution is -0.122. The van der Waals surface area contributed by atoms with Gasteiger partial charge < -0.3 is 10.4 Å². The van der Waals surface area contributed by atoms with Crippen molar-refractivity contribution in [2.75, 3.05) is 11.9 Å². The molecule has 0 atom stereocenters. The average molecular weight is 257 g/mol. The van der Waals surface area contributed by atoms with Crippen LogP contribution in [0.2, 0.25) is 0 Å². The molecule has 1 aromatic rings. The van der Waals surface area contributed by atoms with Gasteiger partial charge in [-0.1, -0.05) is 24.3 Å². The van der Waals surface area contributed by atoms with Crippen LogP contribution in [0.3, 0.4) is 0 Å². The zero-order valence-electron chi connectivity index (χ0n) is 11.2. The number of benzene rings is 1. The van der Waals surface area contributed by atoms with Crippen molar-refractivity contribution in [1.29, 1.82) is 0 Å². The molecule has 1 amide bonds. The second-order valence-electron chi connectivity index (χ2n) is 4.94. The van der Waals surface area contributed by atoms with Crippen LogP contribution in [-0.2, 0) is 4.79 Å². The van der Waals surface area contributed by atoms with Gasteiger partial charge in [-0.2, -0.15) is 0 Å². The Hall–Kier alpha value is -1.79. The summed E-state index contributed by atoms with van der Waals surface area (Å²) in [5.41, 5.74) is 2.70. The largest absolute Gasteiger partial charge is 0.395 e. The van der Waals surface area contributed by atoms with Crippen LogP contribution in [0.4, 0.5) is 5.69 Å². The van der Waals surface area contributed by atoms with Crippen molar-refractivity contribution in [2.45, 2.75) is 32.6 Å². The first kappa shape index (κ1) is 13.6. The summed E-state index contributed by atoms with van der Waals surface area (Å²) in [5, 5.41) is 11.7. The van der Waals surface area contributed by atoms with Crippen LogP contribution < -0.4 is 5.32 Å². The first-order valence-electron chi connectivity index (χ1n) is 6.72. The molecule has 0 radical (unpaired) electrons. The maximum Gasteiger partial charge on any atom is 0.227 e. The zero-order chi connectivity index (χ0) is 13.7. The number of carbonyl (C=O) groups excluding carboxylic acids is 1. The smallest absolute Gasteiger partial charge is 0.227 e. The topological polar surface area (TPSA) is 49.3 Å². The Kier molecular flexibility index (Phi) is 4.59. The monoisotopic (exact) mass is 257 g/mol. The third-order valence-electron chi connectivity index (χ3n) is 3.37. The van der Waals surface area contributed by atoms with Crippen LogP contribution in [0.15, 0.2) is 18.2 Å². The van der Waals surface area contributed by atoms with E-state index >= 15 is 0 Å². The van der Waals surface area contributed by atoms with Crippen LogP contribution in [0, 0.1) is 24.7 Å². The molecule has 1 fully saturated rings. The quantitative estimate of drug-likeness (QED) is 0.817. The Bertz CT molecular complexity index is 521. The van der Waals surface area contributed by atoms with Crippen LogP contribution in [0.25, 0.3) is 0 Å². The van der Waals surface area contributed by atoms with Crippen molar-refractivity contribution in [3.8, 4) is 11.8 Å². The van der Waals surface area contributed by atoms with E-state index in [4.69, 9.17) is 5.11 Å². The molecule has 1 saturated carbocycles. The number of rotatable bonds is 3. The van der Waals surface area contributed by atoms with E-state index in [2.05, 4.69) is 17.2 Å². The Morgan fingerprint density at radius 3 is 2.89 bits per heavy atom. The molecule has 0 unspecified atom stereocenters. The minimum absolute atomic E-state index is 0.0581. The normalized spacial score (nSPS) is 14.2. The number of anilines is 1. The Morgan fingerprint density at radius 1 is 1.47 bits per heavy atom. The molecule has 19 heavy (non-hydrogen) atoms. The highest BCUT2D eigenvalue weighted by Gasteiger charge is 2.25. The number of carbonyl (C=O) groups is 1. The molecule has 1 aliphatic rings. The predicted octanol–water partition coefficient (Wildman–Crippen LogP) is 2.47. The van der Waals surface area contributed by atoms with Gasteiger partial charge in [0.05, 0.1) is 12.3 Å². The molecule has 2 rings (SSSR count). The van der Waals surface area contributed by atoms with E-state index in [1.807, 2.05) is 25.1 Å². The summed E-state index contributed by atoms with van der Waals surface area (Å²) in [4.78, 5) is 12.0. The van der Waals surface area contributed by atoms with Gasteiger partial charge in [-0.3, -0.25) is 4.79 Å². The van der Waals surface area contributed by atoms with Crippen LogP contribution in [0.1, 0.15) is 36.8 Å². The molecule has 0 bridgehead atoms. The van der Waals surface area contributed by atoms with Gasteiger partial charge in [0.25, 0.3) is 0 Å². The number of hydrogen-bond acceptors (Lipinski definition) is 2. The molecule has 0 aromatic heterocycles. The molecule has 3 nitrogen and oxygen atoms in total. The average Bonchev–Trinajstić information content (AvgIpc) is 2.30. The van der Waals surface area contributed by atoms with Crippen molar-refractivity contribution < 1.29 is 9.90 Å². The molecule has 3 heteroatoms. The van der Waals surface area contributed by atoms with E-state index in [-0.39, 0.29) is 18.4 Å². The molecular weight excluding hydrogens is 238 g/mol. The maximum absolute atomic E-state index is 12.0. The minimum Gasteiger partial charge on any atom is -0.395 e. The second-order valence-corrected chi connectivity index (χ2v) is 4.94. The van der Waals surface area contributed by atoms with E-state index in [1.54, 1.807) is 0 Å². The summed E-state index contributed by atoms with van der Waals surface area (Å²) < 4.78 is 0. The summed E-state index contributed by atoms with van der Waals surface area (Å²) in [6.07, 6.45) is 3.57. The summed E-state index contributed by atoms with van der Waals surface area (Å²) in [6, 6.07) is 5.82. The van der Waals surface area contributed by atoms with Crippen LogP contribution in [-0.4, -0.2) is 17.6 Å². The summed E-state index contributed by atoms with van der Waals surface area (Å²) in [5.74, 6) is 6.17. The molecule has 100 valence electrons. The van der Waals surface area contributed by atoms with Gasteiger partial charge in [-0.25, -0.2) is 0 Å². The highest BCUT2D eigenvalue weighted by molar-refractivity contribution is 5.94. The van der Waals surface area contributed by atoms with Gasteiger partial charge in [0.15, 0.2) is 0 Å². The third-order valence-corrected chi connectivity index (χ3v) is 3.37. The summed E-state index contributed by atoms with van der Waals surface area (Å²) in [6.45, 7) is 2.05. The number of aryl methyl sites for hydroxylation is 1. The molecule has 0 heterocycles. The van der Waals surface area contributed by atoms with Crippen molar-refractivity contribution in [3.63, 3.8) is 0 Å². The molecule has 0 spiro atoms. The lowest BCUT2D eigenvalue weighted by Crippen LogP contribution is -2.28. The fraction of sp³-hybridized carbons (Fsp3) is 0.438. The molecule has 1 aromatic carbocycles. The minimum atomic E-state index is 0.0581. The Balaban J connectivity index is 2.14. The van der Waals surface area contributed by atoms with E-state index in [0.717, 1.165) is 36.1 Å². The van der Waals surface area contributed by atoms with E-state index in [0.29, 0.717) is 6.42 Å². The van der Waals surface area contributed by atoms with Gasteiger partial charge in [0.2, 0.25) is 5.91 Å². The number of aliphatic hydroxyl groups excluding tert-OH is 1. The number of amides is 1. The fourth-order valence-corrected chi connectivity index (χ4v) is 1.99. The van der Waals surface area contributed by atoms with Crippen molar-refractivity contribution >= 4 is 11.6 Å². The standard InChI is InChI=1S/C16H19NO2/c1-12-8-9-15(14(11-12)5-2-3-10-18)17-16(19)13-6-4-7-13/h8-9,11,13,18H,3-4,6-7,10H2,1H3,(H,17,19). The van der Waals surface area contributed by atoms with Gasteiger partial charge >= 0.3 is 0 Å². The van der Waals surface area contributed by atoms with Gasteiger partial charge in [0.1, 0.15) is 0 Å². The predicted molar refractivity (Wildman–Crippen MR) is 75.7 cm³/mol. The maximum atomic E-state index is 12.0. The van der Waals surface area contributed by atoms with E-state index in [1.165, 1.54) is 0 Å². The SMILES string of the molecule is Cc1ccc(NC(=O)C2CCC2)c(C#CCCO)c1. The van der Waals surface area contributed by atoms with Gasteiger partial charge in [-0.05, 0) is 37.5 Å². The number of hydrogen-bond donors (Lipinski definition) is 2. The Morgan fingerprint density at radius 2 is 2.26 bits per heavy atom. The van der Waals surface area contributed by atoms with E-state index < -0.39 is 0 Å². The first-order valence-corrected chi connectivity index (χ1v) is 6.72. The molecule has 2 N–H and O–H groups in total. The summed E-state index contributed by atoms with van der Waals surface area (Å²) in [7, 11) is 0. The number of nitrogens with one attached hydrogen (secondary N) is 1. The fourth-order valence-electron chi connectivity index (χ4n) is 1.99. The molecule has 1 aliphatic carbocycles. The van der Waals surface area contributed by atoms with Crippen LogP contribution in [0.5, 0.6) is 0 Å². The van der Waals surface area contributed by atoms with E-state index in [9.17, 15) is 4.79 Å². The van der Waals surface area contributed by atoms with Crippen molar-refractivity contribution in [1.82, 2.24) is 0 Å². The number of aliphatic hydroxyl groups is 1. The van der Waals surface area contributed by atoms with Crippen LogP contribution >= 0.6 is 0 Å². The molecule has 0 aliphatic heterocycles. The Labute approximate surface area is 114 Å². The lowest BCUT2D eigenvalue weighted by atomic mass is 9.85. The highest BCUT2D eigenvalue weighted by Crippen LogP contribution is 2.28. The van der Waals surface area contributed by atoms with Gasteiger partial charge in [0, 0.05) is 17.9 Å². The highest BCUT2D eigenvalue weighted by atomic mass is 16.2. The molecular formula is C16H19NO2. The first-order chi connectivity index (χ1) is 9.20. The second kappa shape index (κ2) is 6.40. The summed E-state index contributed by atoms with van der Waals surface area (Å²) >= 11 is 0.